The molecule has 3 aromatic rings. The summed E-state index contributed by atoms with van der Waals surface area (Å²) in [7, 11) is 0. The van der Waals surface area contributed by atoms with Crippen molar-refractivity contribution in [2.75, 3.05) is 19.7 Å². The van der Waals surface area contributed by atoms with E-state index in [1.54, 1.807) is 11.1 Å². The molecule has 3 heterocycles. The molecular weight excluding hydrogens is 332 g/mol. The van der Waals surface area contributed by atoms with E-state index >= 15 is 0 Å². The number of hydrogen-bond donors (Lipinski definition) is 0. The van der Waals surface area contributed by atoms with E-state index < -0.39 is 0 Å². The molecule has 0 unspecified atom stereocenters. The van der Waals surface area contributed by atoms with Gasteiger partial charge in [0.1, 0.15) is 11.4 Å². The zero-order valence-corrected chi connectivity index (χ0v) is 14.3. The number of likely N-dealkylation sites (tertiary alicyclic amines) is 1. The summed E-state index contributed by atoms with van der Waals surface area (Å²) in [5.41, 5.74) is 1.68. The molecule has 7 nitrogen and oxygen atoms in total. The van der Waals surface area contributed by atoms with Crippen LogP contribution in [0.5, 0.6) is 5.75 Å². The Morgan fingerprint density at radius 3 is 2.81 bits per heavy atom. The van der Waals surface area contributed by atoms with Crippen LogP contribution in [-0.2, 0) is 4.79 Å². The fraction of sp³-hybridized carbons (Fsp3) is 0.263. The van der Waals surface area contributed by atoms with Gasteiger partial charge in [-0.3, -0.25) is 9.78 Å². The third kappa shape index (κ3) is 3.28. The Morgan fingerprint density at radius 1 is 1.23 bits per heavy atom. The van der Waals surface area contributed by atoms with Crippen LogP contribution >= 0.6 is 0 Å². The van der Waals surface area contributed by atoms with Gasteiger partial charge in [-0.05, 0) is 30.7 Å². The van der Waals surface area contributed by atoms with Crippen molar-refractivity contribution >= 4 is 5.91 Å². The van der Waals surface area contributed by atoms with E-state index in [0.717, 1.165) is 11.3 Å². The van der Waals surface area contributed by atoms with Crippen molar-refractivity contribution in [3.05, 3.63) is 60.1 Å². The maximum atomic E-state index is 12.2. The van der Waals surface area contributed by atoms with Gasteiger partial charge in [-0.1, -0.05) is 29.4 Å². The highest BCUT2D eigenvalue weighted by molar-refractivity contribution is 5.78. The predicted molar refractivity (Wildman–Crippen MR) is 93.5 cm³/mol. The Balaban J connectivity index is 1.31. The van der Waals surface area contributed by atoms with Crippen LogP contribution in [0.15, 0.2) is 53.2 Å². The first kappa shape index (κ1) is 16.3. The fourth-order valence-corrected chi connectivity index (χ4v) is 2.79. The summed E-state index contributed by atoms with van der Waals surface area (Å²) in [6.07, 6.45) is 1.68. The third-order valence-electron chi connectivity index (χ3n) is 4.36. The molecule has 26 heavy (non-hydrogen) atoms. The highest BCUT2D eigenvalue weighted by Gasteiger charge is 2.35. The van der Waals surface area contributed by atoms with Crippen LogP contribution in [0.2, 0.25) is 0 Å². The number of para-hydroxylation sites is 1. The summed E-state index contributed by atoms with van der Waals surface area (Å²) in [6.45, 7) is 3.09. The summed E-state index contributed by atoms with van der Waals surface area (Å²) in [5.74, 6) is 1.74. The van der Waals surface area contributed by atoms with Gasteiger partial charge in [0.2, 0.25) is 11.7 Å². The third-order valence-corrected chi connectivity index (χ3v) is 4.36. The predicted octanol–water partition coefficient (Wildman–Crippen LogP) is 2.44. The number of ether oxygens (including phenoxy) is 1. The molecule has 0 bridgehead atoms. The molecule has 0 aliphatic carbocycles. The van der Waals surface area contributed by atoms with Crippen LogP contribution in [0.4, 0.5) is 0 Å². The topological polar surface area (TPSA) is 81.4 Å². The van der Waals surface area contributed by atoms with Crippen LogP contribution in [0.3, 0.4) is 0 Å². The van der Waals surface area contributed by atoms with Crippen molar-refractivity contribution in [1.82, 2.24) is 20.0 Å². The van der Waals surface area contributed by atoms with E-state index in [-0.39, 0.29) is 18.4 Å². The number of pyridine rings is 1. The lowest BCUT2D eigenvalue weighted by molar-refractivity contribution is -0.138. The van der Waals surface area contributed by atoms with Gasteiger partial charge < -0.3 is 14.2 Å². The zero-order chi connectivity index (χ0) is 17.9. The zero-order valence-electron chi connectivity index (χ0n) is 14.3. The van der Waals surface area contributed by atoms with E-state index in [0.29, 0.717) is 30.5 Å². The summed E-state index contributed by atoms with van der Waals surface area (Å²) in [4.78, 5) is 22.6. The molecule has 1 aliphatic heterocycles. The summed E-state index contributed by atoms with van der Waals surface area (Å²) in [5, 5.41) is 3.97. The van der Waals surface area contributed by atoms with E-state index in [2.05, 4.69) is 15.1 Å². The van der Waals surface area contributed by atoms with E-state index in [1.807, 2.05) is 49.4 Å². The largest absolute Gasteiger partial charge is 0.484 e. The number of nitrogens with zero attached hydrogens (tertiary/aromatic N) is 4. The Kier molecular flexibility index (Phi) is 4.35. The summed E-state index contributed by atoms with van der Waals surface area (Å²) in [6, 6.07) is 13.2. The molecule has 0 N–H and O–H groups in total. The van der Waals surface area contributed by atoms with E-state index in [4.69, 9.17) is 9.26 Å². The Bertz CT molecular complexity index is 904. The van der Waals surface area contributed by atoms with Gasteiger partial charge in [-0.2, -0.15) is 4.98 Å². The smallest absolute Gasteiger partial charge is 0.260 e. The van der Waals surface area contributed by atoms with Crippen molar-refractivity contribution in [2.24, 2.45) is 0 Å². The molecule has 1 aliphatic rings. The number of amides is 1. The first-order valence-electron chi connectivity index (χ1n) is 8.42. The maximum absolute atomic E-state index is 12.2. The molecule has 1 fully saturated rings. The van der Waals surface area contributed by atoms with Crippen molar-refractivity contribution < 1.29 is 14.1 Å². The van der Waals surface area contributed by atoms with Crippen LogP contribution in [-0.4, -0.2) is 45.6 Å². The monoisotopic (exact) mass is 350 g/mol. The summed E-state index contributed by atoms with van der Waals surface area (Å²) >= 11 is 0. The van der Waals surface area contributed by atoms with Gasteiger partial charge in [0.15, 0.2) is 6.61 Å². The van der Waals surface area contributed by atoms with Gasteiger partial charge in [0.05, 0.1) is 5.92 Å². The minimum Gasteiger partial charge on any atom is -0.484 e. The number of hydrogen-bond acceptors (Lipinski definition) is 6. The van der Waals surface area contributed by atoms with Crippen LogP contribution in [0.25, 0.3) is 11.5 Å². The molecule has 4 rings (SSSR count). The molecule has 1 saturated heterocycles. The average molecular weight is 350 g/mol. The quantitative estimate of drug-likeness (QED) is 0.703. The van der Waals surface area contributed by atoms with Crippen molar-refractivity contribution in [3.63, 3.8) is 0 Å². The molecule has 0 saturated carbocycles. The van der Waals surface area contributed by atoms with Gasteiger partial charge in [-0.25, -0.2) is 0 Å². The van der Waals surface area contributed by atoms with E-state index in [9.17, 15) is 4.79 Å². The molecule has 2 aromatic heterocycles. The molecule has 1 amide bonds. The maximum Gasteiger partial charge on any atom is 0.260 e. The Hall–Kier alpha value is -3.22. The van der Waals surface area contributed by atoms with Gasteiger partial charge in [-0.15, -0.1) is 0 Å². The van der Waals surface area contributed by atoms with Crippen LogP contribution in [0.1, 0.15) is 17.4 Å². The molecule has 0 radical (unpaired) electrons. The molecule has 0 spiro atoms. The fourth-order valence-electron chi connectivity index (χ4n) is 2.79. The molecule has 1 aromatic carbocycles. The Morgan fingerprint density at radius 2 is 2.04 bits per heavy atom. The second-order valence-corrected chi connectivity index (χ2v) is 6.22. The first-order valence-corrected chi connectivity index (χ1v) is 8.42. The van der Waals surface area contributed by atoms with Gasteiger partial charge in [0.25, 0.3) is 5.91 Å². The summed E-state index contributed by atoms with van der Waals surface area (Å²) < 4.78 is 10.9. The molecule has 132 valence electrons. The lowest BCUT2D eigenvalue weighted by atomic mass is 10.0. The minimum atomic E-state index is -0.0473. The molecule has 0 atom stereocenters. The highest BCUT2D eigenvalue weighted by atomic mass is 16.5. The first-order chi connectivity index (χ1) is 12.7. The highest BCUT2D eigenvalue weighted by Crippen LogP contribution is 2.27. The van der Waals surface area contributed by atoms with Crippen molar-refractivity contribution in [2.45, 2.75) is 12.8 Å². The number of benzene rings is 1. The van der Waals surface area contributed by atoms with Crippen molar-refractivity contribution in [1.29, 1.82) is 0 Å². The van der Waals surface area contributed by atoms with E-state index in [1.165, 1.54) is 0 Å². The lowest BCUT2D eigenvalue weighted by Crippen LogP contribution is -2.50. The van der Waals surface area contributed by atoms with Gasteiger partial charge in [0, 0.05) is 19.3 Å². The molecule has 7 heteroatoms. The normalized spacial score (nSPS) is 14.1. The second kappa shape index (κ2) is 6.95. The average Bonchev–Trinajstić information content (AvgIpc) is 3.10. The number of carbonyl (C=O) groups is 1. The molecular formula is C19H18N4O3. The standard InChI is InChI=1S/C19H18N4O3/c1-13-6-2-3-8-16(13)25-12-17(24)23-10-14(11-23)19-21-18(22-26-19)15-7-4-5-9-20-15/h2-9,14H,10-12H2,1H3. The number of carbonyl (C=O) groups excluding carboxylic acids is 1. The number of aryl methyl sites for hydroxylation is 1. The van der Waals surface area contributed by atoms with Crippen LogP contribution < -0.4 is 4.74 Å². The number of rotatable bonds is 5. The number of aromatic nitrogens is 3. The van der Waals surface area contributed by atoms with Gasteiger partial charge >= 0.3 is 0 Å². The van der Waals surface area contributed by atoms with Crippen LogP contribution in [0, 0.1) is 6.92 Å². The lowest BCUT2D eigenvalue weighted by Gasteiger charge is -2.36. The minimum absolute atomic E-state index is 0.0284. The SMILES string of the molecule is Cc1ccccc1OCC(=O)N1CC(c2nc(-c3ccccn3)no2)C1. The van der Waals surface area contributed by atoms with Crippen molar-refractivity contribution in [3.8, 4) is 17.3 Å². The Labute approximate surface area is 150 Å². The second-order valence-electron chi connectivity index (χ2n) is 6.22.